The molecule has 2 atom stereocenters. The molecule has 0 saturated heterocycles. The van der Waals surface area contributed by atoms with Gasteiger partial charge in [0.15, 0.2) is 0 Å². The molecule has 2 rings (SSSR count). The molecule has 0 spiro atoms. The smallest absolute Gasteiger partial charge is 0.0480 e. The summed E-state index contributed by atoms with van der Waals surface area (Å²) in [6.07, 6.45) is 3.92. The lowest BCUT2D eigenvalue weighted by Gasteiger charge is -2.38. The Morgan fingerprint density at radius 3 is 2.35 bits per heavy atom. The molecule has 1 aromatic carbocycles. The first-order valence-electron chi connectivity index (χ1n) is 8.15. The first kappa shape index (κ1) is 15.5. The predicted octanol–water partition coefficient (Wildman–Crippen LogP) is 3.85. The second-order valence-corrected chi connectivity index (χ2v) is 6.47. The van der Waals surface area contributed by atoms with Gasteiger partial charge in [-0.15, -0.1) is 0 Å². The first-order valence-corrected chi connectivity index (χ1v) is 8.15. The van der Waals surface area contributed by atoms with Gasteiger partial charge in [-0.25, -0.2) is 0 Å². The Bertz CT molecular complexity index is 384. The molecule has 1 fully saturated rings. The van der Waals surface area contributed by atoms with Gasteiger partial charge in [-0.1, -0.05) is 51.1 Å². The van der Waals surface area contributed by atoms with Crippen LogP contribution in [-0.4, -0.2) is 30.6 Å². The second kappa shape index (κ2) is 7.24. The predicted molar refractivity (Wildman–Crippen MR) is 86.9 cm³/mol. The number of likely N-dealkylation sites (N-methyl/N-ethyl adjacent to an activating group) is 1. The van der Waals surface area contributed by atoms with E-state index in [-0.39, 0.29) is 0 Å². The summed E-state index contributed by atoms with van der Waals surface area (Å²) in [6, 6.07) is 12.8. The zero-order valence-electron chi connectivity index (χ0n) is 13.5. The van der Waals surface area contributed by atoms with E-state index < -0.39 is 0 Å². The van der Waals surface area contributed by atoms with Gasteiger partial charge in [0.05, 0.1) is 0 Å². The molecule has 1 aliphatic rings. The Morgan fingerprint density at radius 2 is 1.85 bits per heavy atom. The Labute approximate surface area is 124 Å². The third-order valence-electron chi connectivity index (χ3n) is 4.39. The lowest BCUT2D eigenvalue weighted by Crippen LogP contribution is -2.47. The van der Waals surface area contributed by atoms with E-state index in [2.05, 4.69) is 68.4 Å². The van der Waals surface area contributed by atoms with Crippen molar-refractivity contribution in [1.29, 1.82) is 0 Å². The maximum absolute atomic E-state index is 3.79. The molecule has 1 saturated carbocycles. The monoisotopic (exact) mass is 274 g/mol. The van der Waals surface area contributed by atoms with Crippen LogP contribution in [0.4, 0.5) is 0 Å². The summed E-state index contributed by atoms with van der Waals surface area (Å²) in [4.78, 5) is 2.62. The molecule has 0 bridgehead atoms. The normalized spacial score (nSPS) is 18.5. The Morgan fingerprint density at radius 1 is 1.20 bits per heavy atom. The lowest BCUT2D eigenvalue weighted by atomic mass is 9.89. The summed E-state index contributed by atoms with van der Waals surface area (Å²) in [7, 11) is 2.31. The van der Waals surface area contributed by atoms with Gasteiger partial charge in [-0.2, -0.15) is 0 Å². The second-order valence-electron chi connectivity index (χ2n) is 6.47. The number of rotatable bonds is 8. The summed E-state index contributed by atoms with van der Waals surface area (Å²) in [5.74, 6) is 0.648. The van der Waals surface area contributed by atoms with Crippen LogP contribution in [0.1, 0.15) is 51.6 Å². The molecule has 0 aliphatic heterocycles. The van der Waals surface area contributed by atoms with Crippen LogP contribution in [0, 0.1) is 5.92 Å². The molecular formula is C18H30N2. The van der Waals surface area contributed by atoms with Crippen LogP contribution < -0.4 is 5.32 Å². The summed E-state index contributed by atoms with van der Waals surface area (Å²) < 4.78 is 0. The fourth-order valence-electron chi connectivity index (χ4n) is 3.21. The van der Waals surface area contributed by atoms with Crippen LogP contribution in [0.15, 0.2) is 30.3 Å². The van der Waals surface area contributed by atoms with Gasteiger partial charge in [-0.05, 0) is 44.3 Å². The van der Waals surface area contributed by atoms with E-state index in [9.17, 15) is 0 Å². The van der Waals surface area contributed by atoms with Gasteiger partial charge in [0.1, 0.15) is 0 Å². The molecule has 1 aliphatic carbocycles. The minimum absolute atomic E-state index is 0.432. The van der Waals surface area contributed by atoms with Gasteiger partial charge < -0.3 is 5.32 Å². The molecule has 2 nitrogen and oxygen atoms in total. The maximum atomic E-state index is 3.79. The third-order valence-corrected chi connectivity index (χ3v) is 4.39. The summed E-state index contributed by atoms with van der Waals surface area (Å²) >= 11 is 0. The molecule has 0 aromatic heterocycles. The summed E-state index contributed by atoms with van der Waals surface area (Å²) in [6.45, 7) is 8.03. The molecule has 1 aromatic rings. The molecule has 0 heterocycles. The lowest BCUT2D eigenvalue weighted by molar-refractivity contribution is 0.138. The van der Waals surface area contributed by atoms with Crippen LogP contribution in [0.25, 0.3) is 0 Å². The number of nitrogens with zero attached hydrogens (tertiary/aromatic N) is 1. The number of nitrogens with one attached hydrogen (secondary N) is 1. The Balaban J connectivity index is 2.21. The van der Waals surface area contributed by atoms with Crippen molar-refractivity contribution >= 4 is 0 Å². The molecule has 2 heteroatoms. The van der Waals surface area contributed by atoms with Crippen LogP contribution in [-0.2, 0) is 0 Å². The molecule has 20 heavy (non-hydrogen) atoms. The quantitative estimate of drug-likeness (QED) is 0.774. The fourth-order valence-corrected chi connectivity index (χ4v) is 3.21. The minimum atomic E-state index is 0.432. The van der Waals surface area contributed by atoms with E-state index in [0.29, 0.717) is 18.0 Å². The molecule has 2 unspecified atom stereocenters. The molecule has 112 valence electrons. The zero-order valence-corrected chi connectivity index (χ0v) is 13.5. The standard InChI is InChI=1S/C18H30N2/c1-5-13-19-17(15-9-7-6-8-10-15)18(14(2)3)20(4)16-11-12-16/h6-10,14,16-19H,5,11-13H2,1-4H3. The van der Waals surface area contributed by atoms with E-state index in [0.717, 1.165) is 12.6 Å². The van der Waals surface area contributed by atoms with Crippen molar-refractivity contribution in [3.05, 3.63) is 35.9 Å². The average Bonchev–Trinajstić information content (AvgIpc) is 3.28. The summed E-state index contributed by atoms with van der Waals surface area (Å²) in [5.41, 5.74) is 1.42. The van der Waals surface area contributed by atoms with Crippen LogP contribution >= 0.6 is 0 Å². The van der Waals surface area contributed by atoms with Gasteiger partial charge in [0, 0.05) is 18.1 Å². The van der Waals surface area contributed by atoms with E-state index in [1.807, 2.05) is 0 Å². The highest BCUT2D eigenvalue weighted by Gasteiger charge is 2.36. The van der Waals surface area contributed by atoms with E-state index >= 15 is 0 Å². The number of benzene rings is 1. The van der Waals surface area contributed by atoms with Crippen molar-refractivity contribution in [2.75, 3.05) is 13.6 Å². The van der Waals surface area contributed by atoms with E-state index in [4.69, 9.17) is 0 Å². The van der Waals surface area contributed by atoms with Gasteiger partial charge in [0.25, 0.3) is 0 Å². The van der Waals surface area contributed by atoms with Crippen LogP contribution in [0.5, 0.6) is 0 Å². The van der Waals surface area contributed by atoms with Crippen molar-refractivity contribution in [1.82, 2.24) is 10.2 Å². The van der Waals surface area contributed by atoms with Crippen LogP contribution in [0.3, 0.4) is 0 Å². The maximum Gasteiger partial charge on any atom is 0.0480 e. The average molecular weight is 274 g/mol. The largest absolute Gasteiger partial charge is 0.309 e. The highest BCUT2D eigenvalue weighted by molar-refractivity contribution is 5.21. The van der Waals surface area contributed by atoms with Crippen molar-refractivity contribution < 1.29 is 0 Å². The van der Waals surface area contributed by atoms with Crippen molar-refractivity contribution in [2.45, 2.75) is 58.2 Å². The SMILES string of the molecule is CCCNC(c1ccccc1)C(C(C)C)N(C)C1CC1. The van der Waals surface area contributed by atoms with Gasteiger partial charge in [-0.3, -0.25) is 4.90 Å². The molecular weight excluding hydrogens is 244 g/mol. The topological polar surface area (TPSA) is 15.3 Å². The Kier molecular flexibility index (Phi) is 5.62. The summed E-state index contributed by atoms with van der Waals surface area (Å²) in [5, 5.41) is 3.79. The molecule has 0 radical (unpaired) electrons. The zero-order chi connectivity index (χ0) is 14.5. The third kappa shape index (κ3) is 3.83. The molecule has 0 amide bonds. The Hall–Kier alpha value is -0.860. The van der Waals surface area contributed by atoms with Crippen molar-refractivity contribution in [3.63, 3.8) is 0 Å². The highest BCUT2D eigenvalue weighted by Crippen LogP contribution is 2.34. The van der Waals surface area contributed by atoms with E-state index in [1.54, 1.807) is 0 Å². The molecule has 1 N–H and O–H groups in total. The van der Waals surface area contributed by atoms with Gasteiger partial charge in [0.2, 0.25) is 0 Å². The highest BCUT2D eigenvalue weighted by atomic mass is 15.2. The van der Waals surface area contributed by atoms with Gasteiger partial charge >= 0.3 is 0 Å². The first-order chi connectivity index (χ1) is 9.65. The van der Waals surface area contributed by atoms with Crippen molar-refractivity contribution in [3.8, 4) is 0 Å². The minimum Gasteiger partial charge on any atom is -0.309 e. The van der Waals surface area contributed by atoms with Crippen LogP contribution in [0.2, 0.25) is 0 Å². The fraction of sp³-hybridized carbons (Fsp3) is 0.667. The van der Waals surface area contributed by atoms with Crippen molar-refractivity contribution in [2.24, 2.45) is 5.92 Å². The van der Waals surface area contributed by atoms with E-state index in [1.165, 1.54) is 24.8 Å². The number of hydrogen-bond donors (Lipinski definition) is 1. The number of hydrogen-bond acceptors (Lipinski definition) is 2.